The van der Waals surface area contributed by atoms with Gasteiger partial charge in [0, 0.05) is 29.6 Å². The lowest BCUT2D eigenvalue weighted by Gasteiger charge is -2.34. The standard InChI is InChI=1S/C17H16N2O2/c20-15(21)7-10-5-12(6-10)14-9-19-17-16(14)13-4-2-1-3-11(13)8-18-17/h1-4,8-10,12H,5-7H2,(H,18,19)(H,20,21)/t10-,12+. The highest BCUT2D eigenvalue weighted by molar-refractivity contribution is 6.06. The van der Waals surface area contributed by atoms with Crippen LogP contribution in [0, 0.1) is 5.92 Å². The van der Waals surface area contributed by atoms with Crippen LogP contribution >= 0.6 is 0 Å². The third kappa shape index (κ3) is 1.98. The van der Waals surface area contributed by atoms with Gasteiger partial charge in [0.15, 0.2) is 0 Å². The van der Waals surface area contributed by atoms with Gasteiger partial charge in [-0.25, -0.2) is 4.98 Å². The third-order valence-corrected chi connectivity index (χ3v) is 4.59. The molecule has 0 spiro atoms. The molecule has 0 aliphatic heterocycles. The smallest absolute Gasteiger partial charge is 0.303 e. The van der Waals surface area contributed by atoms with Gasteiger partial charge in [0.25, 0.3) is 0 Å². The van der Waals surface area contributed by atoms with Crippen LogP contribution in [-0.2, 0) is 4.79 Å². The van der Waals surface area contributed by atoms with Crippen LogP contribution in [0.3, 0.4) is 0 Å². The van der Waals surface area contributed by atoms with Gasteiger partial charge in [0.05, 0.1) is 0 Å². The fourth-order valence-corrected chi connectivity index (χ4v) is 3.51. The summed E-state index contributed by atoms with van der Waals surface area (Å²) in [5.41, 5.74) is 2.21. The lowest BCUT2D eigenvalue weighted by atomic mass is 9.70. The summed E-state index contributed by atoms with van der Waals surface area (Å²) in [6.07, 6.45) is 6.15. The Hall–Kier alpha value is -2.36. The first-order chi connectivity index (χ1) is 10.2. The van der Waals surface area contributed by atoms with Gasteiger partial charge in [-0.2, -0.15) is 0 Å². The van der Waals surface area contributed by atoms with E-state index < -0.39 is 5.97 Å². The number of pyridine rings is 1. The second kappa shape index (κ2) is 4.58. The first-order valence-electron chi connectivity index (χ1n) is 7.29. The van der Waals surface area contributed by atoms with E-state index in [1.54, 1.807) is 0 Å². The maximum Gasteiger partial charge on any atom is 0.303 e. The second-order valence-corrected chi connectivity index (χ2v) is 5.95. The normalized spacial score (nSPS) is 21.5. The highest BCUT2D eigenvalue weighted by Gasteiger charge is 2.33. The van der Waals surface area contributed by atoms with Crippen LogP contribution in [0.5, 0.6) is 0 Å². The number of carboxylic acids is 1. The number of hydrogen-bond acceptors (Lipinski definition) is 2. The molecule has 21 heavy (non-hydrogen) atoms. The van der Waals surface area contributed by atoms with Gasteiger partial charge >= 0.3 is 5.97 Å². The maximum absolute atomic E-state index is 10.8. The predicted molar refractivity (Wildman–Crippen MR) is 81.3 cm³/mol. The third-order valence-electron chi connectivity index (χ3n) is 4.59. The number of aromatic amines is 1. The van der Waals surface area contributed by atoms with Crippen LogP contribution in [0.2, 0.25) is 0 Å². The Bertz CT molecular complexity index is 831. The Morgan fingerprint density at radius 3 is 2.95 bits per heavy atom. The van der Waals surface area contributed by atoms with E-state index in [2.05, 4.69) is 22.1 Å². The van der Waals surface area contributed by atoms with Gasteiger partial charge in [-0.15, -0.1) is 0 Å². The minimum absolute atomic E-state index is 0.290. The summed E-state index contributed by atoms with van der Waals surface area (Å²) in [5.74, 6) is 0.0839. The van der Waals surface area contributed by atoms with Gasteiger partial charge in [0.1, 0.15) is 5.65 Å². The van der Waals surface area contributed by atoms with Crippen LogP contribution < -0.4 is 0 Å². The molecule has 1 fully saturated rings. The minimum Gasteiger partial charge on any atom is -0.481 e. The highest BCUT2D eigenvalue weighted by Crippen LogP contribution is 2.46. The topological polar surface area (TPSA) is 66.0 Å². The van der Waals surface area contributed by atoms with E-state index in [-0.39, 0.29) is 6.42 Å². The molecule has 2 aromatic heterocycles. The van der Waals surface area contributed by atoms with Gasteiger partial charge in [0.2, 0.25) is 0 Å². The van der Waals surface area contributed by atoms with Crippen LogP contribution in [-0.4, -0.2) is 21.0 Å². The molecule has 4 heteroatoms. The van der Waals surface area contributed by atoms with Crippen LogP contribution in [0.1, 0.15) is 30.7 Å². The number of hydrogen-bond donors (Lipinski definition) is 2. The molecular weight excluding hydrogens is 264 g/mol. The van der Waals surface area contributed by atoms with Crippen molar-refractivity contribution in [3.8, 4) is 0 Å². The maximum atomic E-state index is 10.8. The van der Waals surface area contributed by atoms with Crippen LogP contribution in [0.25, 0.3) is 21.8 Å². The summed E-state index contributed by atoms with van der Waals surface area (Å²) in [4.78, 5) is 18.5. The molecule has 1 aliphatic rings. The summed E-state index contributed by atoms with van der Waals surface area (Å²) in [7, 11) is 0. The highest BCUT2D eigenvalue weighted by atomic mass is 16.4. The Labute approximate surface area is 121 Å². The molecule has 1 saturated carbocycles. The van der Waals surface area contributed by atoms with Crippen molar-refractivity contribution in [1.29, 1.82) is 0 Å². The van der Waals surface area contributed by atoms with Gasteiger partial charge in [-0.3, -0.25) is 4.79 Å². The largest absolute Gasteiger partial charge is 0.481 e. The van der Waals surface area contributed by atoms with Gasteiger partial charge in [-0.1, -0.05) is 24.3 Å². The van der Waals surface area contributed by atoms with Crippen molar-refractivity contribution in [1.82, 2.24) is 9.97 Å². The van der Waals surface area contributed by atoms with E-state index in [9.17, 15) is 4.79 Å². The fourth-order valence-electron chi connectivity index (χ4n) is 3.51. The summed E-state index contributed by atoms with van der Waals surface area (Å²) in [6.45, 7) is 0. The number of aliphatic carboxylic acids is 1. The molecule has 4 nitrogen and oxygen atoms in total. The molecule has 1 aromatic carbocycles. The Morgan fingerprint density at radius 2 is 2.14 bits per heavy atom. The molecule has 0 amide bonds. The summed E-state index contributed by atoms with van der Waals surface area (Å²) in [6, 6.07) is 8.28. The average Bonchev–Trinajstić information content (AvgIpc) is 2.86. The Balaban J connectivity index is 1.74. The number of fused-ring (bicyclic) bond motifs is 3. The molecule has 0 atom stereocenters. The molecule has 3 aromatic rings. The second-order valence-electron chi connectivity index (χ2n) is 5.95. The minimum atomic E-state index is -0.690. The number of aromatic nitrogens is 2. The molecule has 2 heterocycles. The van der Waals surface area contributed by atoms with Gasteiger partial charge < -0.3 is 10.1 Å². The van der Waals surface area contributed by atoms with Crippen molar-refractivity contribution >= 4 is 27.8 Å². The van der Waals surface area contributed by atoms with Crippen molar-refractivity contribution in [3.63, 3.8) is 0 Å². The molecule has 0 saturated heterocycles. The molecule has 1 aliphatic carbocycles. The number of benzene rings is 1. The average molecular weight is 280 g/mol. The number of carboxylic acid groups (broad SMARTS) is 1. The van der Waals surface area contributed by atoms with E-state index in [1.807, 2.05) is 24.5 Å². The summed E-state index contributed by atoms with van der Waals surface area (Å²) in [5, 5.41) is 12.4. The lowest BCUT2D eigenvalue weighted by molar-refractivity contribution is -0.138. The molecule has 2 N–H and O–H groups in total. The van der Waals surface area contributed by atoms with Crippen molar-refractivity contribution < 1.29 is 9.90 Å². The number of nitrogens with zero attached hydrogens (tertiary/aromatic N) is 1. The number of carbonyl (C=O) groups is 1. The molecule has 0 bridgehead atoms. The van der Waals surface area contributed by atoms with E-state index in [1.165, 1.54) is 16.3 Å². The molecule has 0 radical (unpaired) electrons. The zero-order valence-corrected chi connectivity index (χ0v) is 11.5. The van der Waals surface area contributed by atoms with E-state index in [0.717, 1.165) is 23.9 Å². The molecular formula is C17H16N2O2. The van der Waals surface area contributed by atoms with Crippen molar-refractivity contribution in [2.45, 2.75) is 25.2 Å². The monoisotopic (exact) mass is 280 g/mol. The van der Waals surface area contributed by atoms with Crippen LogP contribution in [0.4, 0.5) is 0 Å². The van der Waals surface area contributed by atoms with Crippen molar-refractivity contribution in [3.05, 3.63) is 42.2 Å². The molecule has 106 valence electrons. The van der Waals surface area contributed by atoms with E-state index in [4.69, 9.17) is 5.11 Å². The lowest BCUT2D eigenvalue weighted by Crippen LogP contribution is -2.24. The van der Waals surface area contributed by atoms with Crippen molar-refractivity contribution in [2.24, 2.45) is 5.92 Å². The number of rotatable bonds is 3. The SMILES string of the molecule is O=C(O)C[C@H]1C[C@@H](c2c[nH]c3ncc4ccccc4c32)C1. The summed E-state index contributed by atoms with van der Waals surface area (Å²) < 4.78 is 0. The number of H-pyrrole nitrogens is 1. The van der Waals surface area contributed by atoms with E-state index in [0.29, 0.717) is 11.8 Å². The molecule has 4 rings (SSSR count). The van der Waals surface area contributed by atoms with E-state index >= 15 is 0 Å². The molecule has 0 unspecified atom stereocenters. The summed E-state index contributed by atoms with van der Waals surface area (Å²) >= 11 is 0. The first-order valence-corrected chi connectivity index (χ1v) is 7.29. The predicted octanol–water partition coefficient (Wildman–Crippen LogP) is 3.68. The van der Waals surface area contributed by atoms with Gasteiger partial charge in [-0.05, 0) is 35.6 Å². The first kappa shape index (κ1) is 12.4. The van der Waals surface area contributed by atoms with Crippen molar-refractivity contribution in [2.75, 3.05) is 0 Å². The quantitative estimate of drug-likeness (QED) is 0.769. The fraction of sp³-hybridized carbons (Fsp3) is 0.294. The Kier molecular flexibility index (Phi) is 2.70. The Morgan fingerprint density at radius 1 is 1.33 bits per heavy atom. The van der Waals surface area contributed by atoms with Crippen LogP contribution in [0.15, 0.2) is 36.7 Å². The number of nitrogens with one attached hydrogen (secondary N) is 1. The zero-order chi connectivity index (χ0) is 14.4. The zero-order valence-electron chi connectivity index (χ0n) is 11.5.